The van der Waals surface area contributed by atoms with Gasteiger partial charge in [0, 0.05) is 16.1 Å². The number of carbonyl (C=O) groups is 1. The third-order valence-corrected chi connectivity index (χ3v) is 5.83. The second kappa shape index (κ2) is 8.25. The molecule has 1 N–H and O–H groups in total. The standard InChI is InChI=1S/C24H20BrN7O/c1-14-4-9-20(15(2)10-14)31-22-19(12-28-31)23(27-13-26-22)32-21(11-16(3)30-32)29-24(33)17-5-7-18(25)8-6-17/h4-13H,1-3H3,(H,29,33). The number of benzene rings is 2. The van der Waals surface area contributed by atoms with Crippen LogP contribution in [0.5, 0.6) is 0 Å². The number of carbonyl (C=O) groups excluding carboxylic acids is 1. The first-order valence-corrected chi connectivity index (χ1v) is 11.1. The number of hydrogen-bond acceptors (Lipinski definition) is 5. The highest BCUT2D eigenvalue weighted by Crippen LogP contribution is 2.26. The van der Waals surface area contributed by atoms with Crippen molar-refractivity contribution in [3.63, 3.8) is 0 Å². The molecule has 0 saturated carbocycles. The van der Waals surface area contributed by atoms with Gasteiger partial charge in [0.1, 0.15) is 12.1 Å². The third kappa shape index (κ3) is 3.91. The molecule has 3 aromatic heterocycles. The van der Waals surface area contributed by atoms with Crippen molar-refractivity contribution in [1.29, 1.82) is 0 Å². The van der Waals surface area contributed by atoms with Crippen molar-refractivity contribution in [2.45, 2.75) is 20.8 Å². The molecule has 0 aliphatic rings. The summed E-state index contributed by atoms with van der Waals surface area (Å²) in [5.41, 5.74) is 5.17. The van der Waals surface area contributed by atoms with Gasteiger partial charge in [0.15, 0.2) is 11.5 Å². The van der Waals surface area contributed by atoms with Crippen LogP contribution in [0.2, 0.25) is 0 Å². The average molecular weight is 502 g/mol. The molecule has 0 bridgehead atoms. The molecule has 0 atom stereocenters. The summed E-state index contributed by atoms with van der Waals surface area (Å²) in [5.74, 6) is 0.815. The second-order valence-electron chi connectivity index (χ2n) is 7.82. The highest BCUT2D eigenvalue weighted by molar-refractivity contribution is 9.10. The monoisotopic (exact) mass is 501 g/mol. The van der Waals surface area contributed by atoms with Crippen LogP contribution in [0.4, 0.5) is 5.82 Å². The maximum absolute atomic E-state index is 12.8. The molecule has 1 amide bonds. The van der Waals surface area contributed by atoms with E-state index in [1.54, 1.807) is 33.8 Å². The van der Waals surface area contributed by atoms with E-state index in [0.717, 1.165) is 26.8 Å². The Balaban J connectivity index is 1.57. The minimum atomic E-state index is -0.236. The van der Waals surface area contributed by atoms with Crippen molar-refractivity contribution in [2.24, 2.45) is 0 Å². The lowest BCUT2D eigenvalue weighted by Crippen LogP contribution is -2.15. The minimum absolute atomic E-state index is 0.236. The van der Waals surface area contributed by atoms with Crippen LogP contribution in [-0.2, 0) is 0 Å². The van der Waals surface area contributed by atoms with Gasteiger partial charge in [-0.25, -0.2) is 14.6 Å². The number of anilines is 1. The fourth-order valence-electron chi connectivity index (χ4n) is 3.76. The SMILES string of the molecule is Cc1ccc(-n2ncc3c(-n4nc(C)cc4NC(=O)c4ccc(Br)cc4)ncnc32)c(C)c1. The first-order chi connectivity index (χ1) is 15.9. The highest BCUT2D eigenvalue weighted by atomic mass is 79.9. The van der Waals surface area contributed by atoms with Gasteiger partial charge >= 0.3 is 0 Å². The Kier molecular flexibility index (Phi) is 5.26. The molecule has 0 spiro atoms. The fraction of sp³-hybridized carbons (Fsp3) is 0.125. The predicted molar refractivity (Wildman–Crippen MR) is 130 cm³/mol. The predicted octanol–water partition coefficient (Wildman–Crippen LogP) is 4.94. The molecular formula is C24H20BrN7O. The number of halogens is 1. The molecule has 5 rings (SSSR count). The smallest absolute Gasteiger partial charge is 0.256 e. The second-order valence-corrected chi connectivity index (χ2v) is 8.74. The zero-order valence-corrected chi connectivity index (χ0v) is 19.8. The Labute approximate surface area is 198 Å². The molecule has 9 heteroatoms. The van der Waals surface area contributed by atoms with Gasteiger partial charge in [0.05, 0.1) is 23.0 Å². The van der Waals surface area contributed by atoms with Crippen LogP contribution in [-0.4, -0.2) is 35.4 Å². The molecule has 164 valence electrons. The molecule has 0 aliphatic heterocycles. The molecule has 0 radical (unpaired) electrons. The molecule has 8 nitrogen and oxygen atoms in total. The number of hydrogen-bond donors (Lipinski definition) is 1. The topological polar surface area (TPSA) is 90.5 Å². The number of fused-ring (bicyclic) bond motifs is 1. The molecule has 2 aromatic carbocycles. The normalized spacial score (nSPS) is 11.2. The first-order valence-electron chi connectivity index (χ1n) is 10.3. The van der Waals surface area contributed by atoms with Crippen LogP contribution in [0.3, 0.4) is 0 Å². The van der Waals surface area contributed by atoms with Crippen molar-refractivity contribution >= 4 is 38.7 Å². The van der Waals surface area contributed by atoms with Crippen LogP contribution in [0.25, 0.3) is 22.5 Å². The Morgan fingerprint density at radius 3 is 2.52 bits per heavy atom. The molecule has 33 heavy (non-hydrogen) atoms. The van der Waals surface area contributed by atoms with E-state index >= 15 is 0 Å². The van der Waals surface area contributed by atoms with Crippen LogP contribution in [0.15, 0.2) is 65.5 Å². The minimum Gasteiger partial charge on any atom is -0.306 e. The maximum atomic E-state index is 12.8. The van der Waals surface area contributed by atoms with Gasteiger partial charge in [-0.3, -0.25) is 4.79 Å². The van der Waals surface area contributed by atoms with E-state index in [9.17, 15) is 4.79 Å². The van der Waals surface area contributed by atoms with Gasteiger partial charge < -0.3 is 5.32 Å². The van der Waals surface area contributed by atoms with E-state index in [1.807, 2.05) is 38.1 Å². The van der Waals surface area contributed by atoms with Gasteiger partial charge in [-0.05, 0) is 56.7 Å². The van der Waals surface area contributed by atoms with Crippen molar-refractivity contribution in [3.8, 4) is 11.5 Å². The highest BCUT2D eigenvalue weighted by Gasteiger charge is 2.18. The van der Waals surface area contributed by atoms with Crippen LogP contribution in [0, 0.1) is 20.8 Å². The van der Waals surface area contributed by atoms with E-state index < -0.39 is 0 Å². The van der Waals surface area contributed by atoms with E-state index in [1.165, 1.54) is 11.9 Å². The molecule has 5 aromatic rings. The van der Waals surface area contributed by atoms with Gasteiger partial charge in [-0.15, -0.1) is 0 Å². The summed E-state index contributed by atoms with van der Waals surface area (Å²) in [4.78, 5) is 21.8. The average Bonchev–Trinajstić information content (AvgIpc) is 3.37. The first kappa shape index (κ1) is 21.0. The van der Waals surface area contributed by atoms with E-state index in [4.69, 9.17) is 0 Å². The molecular weight excluding hydrogens is 482 g/mol. The van der Waals surface area contributed by atoms with Crippen molar-refractivity contribution in [1.82, 2.24) is 29.5 Å². The molecule has 3 heterocycles. The van der Waals surface area contributed by atoms with E-state index in [0.29, 0.717) is 22.8 Å². The summed E-state index contributed by atoms with van der Waals surface area (Å²) in [6.45, 7) is 5.97. The Hall–Kier alpha value is -3.85. The van der Waals surface area contributed by atoms with Gasteiger partial charge in [0.25, 0.3) is 5.91 Å². The summed E-state index contributed by atoms with van der Waals surface area (Å²) < 4.78 is 4.32. The zero-order valence-electron chi connectivity index (χ0n) is 18.2. The number of nitrogens with zero attached hydrogens (tertiary/aromatic N) is 6. The molecule has 0 aliphatic carbocycles. The van der Waals surface area contributed by atoms with Crippen LogP contribution >= 0.6 is 15.9 Å². The quantitative estimate of drug-likeness (QED) is 0.376. The lowest BCUT2D eigenvalue weighted by Gasteiger charge is -2.10. The number of aromatic nitrogens is 6. The number of amides is 1. The third-order valence-electron chi connectivity index (χ3n) is 5.31. The van der Waals surface area contributed by atoms with Crippen molar-refractivity contribution in [2.75, 3.05) is 5.32 Å². The fourth-order valence-corrected chi connectivity index (χ4v) is 4.02. The van der Waals surface area contributed by atoms with Crippen molar-refractivity contribution in [3.05, 3.63) is 87.9 Å². The molecule has 0 fully saturated rings. The lowest BCUT2D eigenvalue weighted by atomic mass is 10.1. The number of nitrogens with one attached hydrogen (secondary N) is 1. The van der Waals surface area contributed by atoms with Gasteiger partial charge in [0.2, 0.25) is 0 Å². The Morgan fingerprint density at radius 1 is 0.970 bits per heavy atom. The van der Waals surface area contributed by atoms with Crippen LogP contribution < -0.4 is 5.32 Å². The number of rotatable bonds is 4. The van der Waals surface area contributed by atoms with Gasteiger partial charge in [-0.2, -0.15) is 14.9 Å². The summed E-state index contributed by atoms with van der Waals surface area (Å²) in [7, 11) is 0. The maximum Gasteiger partial charge on any atom is 0.256 e. The summed E-state index contributed by atoms with van der Waals surface area (Å²) in [5, 5.41) is 12.8. The molecule has 0 unspecified atom stereocenters. The lowest BCUT2D eigenvalue weighted by molar-refractivity contribution is 0.102. The Morgan fingerprint density at radius 2 is 1.76 bits per heavy atom. The summed E-state index contributed by atoms with van der Waals surface area (Å²) >= 11 is 3.39. The van der Waals surface area contributed by atoms with Crippen molar-refractivity contribution < 1.29 is 4.79 Å². The summed E-state index contributed by atoms with van der Waals surface area (Å²) in [6, 6.07) is 15.1. The molecule has 0 saturated heterocycles. The van der Waals surface area contributed by atoms with Gasteiger partial charge in [-0.1, -0.05) is 33.6 Å². The summed E-state index contributed by atoms with van der Waals surface area (Å²) in [6.07, 6.45) is 3.21. The zero-order chi connectivity index (χ0) is 23.1. The van der Waals surface area contributed by atoms with E-state index in [-0.39, 0.29) is 5.91 Å². The van der Waals surface area contributed by atoms with Crippen LogP contribution in [0.1, 0.15) is 27.2 Å². The van der Waals surface area contributed by atoms with E-state index in [2.05, 4.69) is 54.4 Å². The number of aryl methyl sites for hydroxylation is 3. The Bertz CT molecular complexity index is 1500. The largest absolute Gasteiger partial charge is 0.306 e.